The molecule has 0 spiro atoms. The van der Waals surface area contributed by atoms with Gasteiger partial charge in [-0.1, -0.05) is 31.2 Å². The number of benzene rings is 1. The number of β-amino-alcohol motifs (C(OH)–C–C–N with tert-alkyl or cyclic N) is 1. The summed E-state index contributed by atoms with van der Waals surface area (Å²) in [6.07, 6.45) is 1.21. The first-order valence-electron chi connectivity index (χ1n) is 7.29. The number of aliphatic carboxylic acids is 1. The predicted molar refractivity (Wildman–Crippen MR) is 77.9 cm³/mol. The number of carbonyl (C=O) groups is 2. The molecule has 0 saturated carbocycles. The first-order chi connectivity index (χ1) is 10.0. The number of amides is 1. The van der Waals surface area contributed by atoms with Gasteiger partial charge in [0, 0.05) is 19.4 Å². The van der Waals surface area contributed by atoms with Gasteiger partial charge >= 0.3 is 5.97 Å². The first kappa shape index (κ1) is 15.5. The molecule has 5 nitrogen and oxygen atoms in total. The third kappa shape index (κ3) is 3.82. The fourth-order valence-corrected chi connectivity index (χ4v) is 2.66. The molecule has 114 valence electrons. The molecule has 2 rings (SSSR count). The number of rotatable bonds is 5. The number of carboxylic acid groups (broad SMARTS) is 1. The van der Waals surface area contributed by atoms with Gasteiger partial charge in [-0.3, -0.25) is 4.79 Å². The van der Waals surface area contributed by atoms with E-state index in [9.17, 15) is 14.7 Å². The maximum absolute atomic E-state index is 12.2. The van der Waals surface area contributed by atoms with Crippen LogP contribution in [-0.4, -0.2) is 45.7 Å². The van der Waals surface area contributed by atoms with Crippen LogP contribution in [0.2, 0.25) is 0 Å². The molecule has 1 amide bonds. The van der Waals surface area contributed by atoms with Crippen molar-refractivity contribution >= 4 is 11.9 Å². The van der Waals surface area contributed by atoms with Crippen LogP contribution in [0.3, 0.4) is 0 Å². The van der Waals surface area contributed by atoms with Crippen LogP contribution < -0.4 is 0 Å². The number of hydrogen-bond donors (Lipinski definition) is 2. The molecule has 21 heavy (non-hydrogen) atoms. The van der Waals surface area contributed by atoms with E-state index >= 15 is 0 Å². The highest BCUT2D eigenvalue weighted by Gasteiger charge is 2.38. The van der Waals surface area contributed by atoms with Gasteiger partial charge in [-0.25, -0.2) is 4.79 Å². The van der Waals surface area contributed by atoms with Crippen molar-refractivity contribution < 1.29 is 19.8 Å². The normalized spacial score (nSPS) is 21.5. The zero-order valence-corrected chi connectivity index (χ0v) is 12.2. The molecular formula is C16H21NO4. The van der Waals surface area contributed by atoms with Crippen molar-refractivity contribution in [3.05, 3.63) is 35.4 Å². The van der Waals surface area contributed by atoms with Gasteiger partial charge in [0.05, 0.1) is 6.10 Å². The van der Waals surface area contributed by atoms with Crippen molar-refractivity contribution in [2.75, 3.05) is 6.54 Å². The topological polar surface area (TPSA) is 77.8 Å². The molecule has 0 bridgehead atoms. The van der Waals surface area contributed by atoms with Crippen LogP contribution >= 0.6 is 0 Å². The Hall–Kier alpha value is -1.88. The summed E-state index contributed by atoms with van der Waals surface area (Å²) in [6.45, 7) is 2.20. The maximum atomic E-state index is 12.2. The number of aryl methyl sites for hydroxylation is 2. The van der Waals surface area contributed by atoms with E-state index in [1.165, 1.54) is 10.5 Å². The Balaban J connectivity index is 1.92. The highest BCUT2D eigenvalue weighted by molar-refractivity contribution is 5.84. The largest absolute Gasteiger partial charge is 0.480 e. The lowest BCUT2D eigenvalue weighted by Crippen LogP contribution is -2.40. The van der Waals surface area contributed by atoms with Gasteiger partial charge in [-0.05, 0) is 24.0 Å². The van der Waals surface area contributed by atoms with Crippen LogP contribution in [0.5, 0.6) is 0 Å². The minimum absolute atomic E-state index is 0.116. The molecule has 1 heterocycles. The Morgan fingerprint density at radius 2 is 1.86 bits per heavy atom. The fraction of sp³-hybridized carbons (Fsp3) is 0.500. The first-order valence-corrected chi connectivity index (χ1v) is 7.29. The van der Waals surface area contributed by atoms with Crippen molar-refractivity contribution in [2.45, 2.75) is 44.8 Å². The molecule has 1 aliphatic rings. The average molecular weight is 291 g/mol. The van der Waals surface area contributed by atoms with Crippen LogP contribution in [0.4, 0.5) is 0 Å². The molecule has 0 aliphatic carbocycles. The number of hydrogen-bond acceptors (Lipinski definition) is 3. The van der Waals surface area contributed by atoms with E-state index in [2.05, 4.69) is 6.92 Å². The second kappa shape index (κ2) is 6.72. The van der Waals surface area contributed by atoms with Crippen molar-refractivity contribution in [3.8, 4) is 0 Å². The minimum atomic E-state index is -1.05. The fourth-order valence-electron chi connectivity index (χ4n) is 2.66. The van der Waals surface area contributed by atoms with Gasteiger partial charge in [-0.15, -0.1) is 0 Å². The van der Waals surface area contributed by atoms with E-state index < -0.39 is 18.1 Å². The zero-order chi connectivity index (χ0) is 15.4. The molecule has 1 aliphatic heterocycles. The van der Waals surface area contributed by atoms with Crippen molar-refractivity contribution in [1.29, 1.82) is 0 Å². The lowest BCUT2D eigenvalue weighted by Gasteiger charge is -2.21. The predicted octanol–water partition coefficient (Wildman–Crippen LogP) is 1.23. The monoisotopic (exact) mass is 291 g/mol. The Morgan fingerprint density at radius 3 is 2.43 bits per heavy atom. The lowest BCUT2D eigenvalue weighted by molar-refractivity contribution is -0.148. The van der Waals surface area contributed by atoms with Crippen LogP contribution in [0.1, 0.15) is 30.9 Å². The number of likely N-dealkylation sites (tertiary alicyclic amines) is 1. The molecule has 0 unspecified atom stereocenters. The van der Waals surface area contributed by atoms with Gasteiger partial charge < -0.3 is 15.1 Å². The molecule has 1 fully saturated rings. The summed E-state index contributed by atoms with van der Waals surface area (Å²) in [5.74, 6) is -1.26. The van der Waals surface area contributed by atoms with E-state index in [1.807, 2.05) is 24.3 Å². The Bertz CT molecular complexity index is 512. The smallest absolute Gasteiger partial charge is 0.326 e. The van der Waals surface area contributed by atoms with Gasteiger partial charge in [0.1, 0.15) is 6.04 Å². The molecule has 1 saturated heterocycles. The SMILES string of the molecule is CCc1ccc(CCC(=O)N2C[C@H](O)C[C@H]2C(=O)O)cc1. The van der Waals surface area contributed by atoms with Gasteiger partial charge in [-0.2, -0.15) is 0 Å². The van der Waals surface area contributed by atoms with Crippen LogP contribution in [-0.2, 0) is 22.4 Å². The van der Waals surface area contributed by atoms with E-state index in [0.717, 1.165) is 12.0 Å². The van der Waals surface area contributed by atoms with E-state index in [-0.39, 0.29) is 25.3 Å². The number of carboxylic acids is 1. The lowest BCUT2D eigenvalue weighted by atomic mass is 10.1. The summed E-state index contributed by atoms with van der Waals surface area (Å²) in [7, 11) is 0. The molecule has 2 atom stereocenters. The highest BCUT2D eigenvalue weighted by Crippen LogP contribution is 2.20. The summed E-state index contributed by atoms with van der Waals surface area (Å²) in [4.78, 5) is 24.5. The quantitative estimate of drug-likeness (QED) is 0.855. The van der Waals surface area contributed by atoms with Crippen LogP contribution in [0.25, 0.3) is 0 Å². The number of carbonyl (C=O) groups excluding carboxylic acids is 1. The van der Waals surface area contributed by atoms with Gasteiger partial charge in [0.2, 0.25) is 5.91 Å². The zero-order valence-electron chi connectivity index (χ0n) is 12.2. The van der Waals surface area contributed by atoms with Gasteiger partial charge in [0.25, 0.3) is 0 Å². The summed E-state index contributed by atoms with van der Waals surface area (Å²) in [5, 5.41) is 18.6. The third-order valence-electron chi connectivity index (χ3n) is 3.94. The summed E-state index contributed by atoms with van der Waals surface area (Å²) in [6, 6.07) is 7.19. The molecule has 1 aromatic carbocycles. The number of aliphatic hydroxyl groups is 1. The van der Waals surface area contributed by atoms with E-state index in [4.69, 9.17) is 5.11 Å². The number of aliphatic hydroxyl groups excluding tert-OH is 1. The summed E-state index contributed by atoms with van der Waals surface area (Å²) < 4.78 is 0. The average Bonchev–Trinajstić information content (AvgIpc) is 2.87. The Morgan fingerprint density at radius 1 is 1.24 bits per heavy atom. The van der Waals surface area contributed by atoms with Crippen LogP contribution in [0.15, 0.2) is 24.3 Å². The van der Waals surface area contributed by atoms with Crippen molar-refractivity contribution in [2.24, 2.45) is 0 Å². The van der Waals surface area contributed by atoms with Crippen molar-refractivity contribution in [1.82, 2.24) is 4.90 Å². The van der Waals surface area contributed by atoms with Crippen molar-refractivity contribution in [3.63, 3.8) is 0 Å². The van der Waals surface area contributed by atoms with Crippen LogP contribution in [0, 0.1) is 0 Å². The highest BCUT2D eigenvalue weighted by atomic mass is 16.4. The maximum Gasteiger partial charge on any atom is 0.326 e. The van der Waals surface area contributed by atoms with E-state index in [0.29, 0.717) is 6.42 Å². The standard InChI is InChI=1S/C16H21NO4/c1-2-11-3-5-12(6-4-11)7-8-15(19)17-10-13(18)9-14(17)16(20)21/h3-6,13-14,18H,2,7-10H2,1H3,(H,20,21)/t13-,14+/m1/s1. The second-order valence-electron chi connectivity index (χ2n) is 5.46. The number of nitrogens with zero attached hydrogens (tertiary/aromatic N) is 1. The molecule has 0 radical (unpaired) electrons. The molecule has 1 aromatic rings. The third-order valence-corrected chi connectivity index (χ3v) is 3.94. The molecule has 0 aromatic heterocycles. The molecule has 5 heteroatoms. The Labute approximate surface area is 124 Å². The van der Waals surface area contributed by atoms with Gasteiger partial charge in [0.15, 0.2) is 0 Å². The van der Waals surface area contributed by atoms with E-state index in [1.54, 1.807) is 0 Å². The summed E-state index contributed by atoms with van der Waals surface area (Å²) >= 11 is 0. The summed E-state index contributed by atoms with van der Waals surface area (Å²) in [5.41, 5.74) is 2.31. The minimum Gasteiger partial charge on any atom is -0.480 e. The second-order valence-corrected chi connectivity index (χ2v) is 5.46. The molecular weight excluding hydrogens is 270 g/mol. The Kier molecular flexibility index (Phi) is 4.96. The molecule has 2 N–H and O–H groups in total.